The predicted molar refractivity (Wildman–Crippen MR) is 73.5 cm³/mol. The van der Waals surface area contributed by atoms with E-state index in [9.17, 15) is 14.0 Å². The van der Waals surface area contributed by atoms with Crippen LogP contribution in [0.1, 0.15) is 32.3 Å². The summed E-state index contributed by atoms with van der Waals surface area (Å²) >= 11 is 0. The number of nitrogens with zero attached hydrogens (tertiary/aromatic N) is 1. The van der Waals surface area contributed by atoms with Gasteiger partial charge in [0.2, 0.25) is 5.91 Å². The van der Waals surface area contributed by atoms with E-state index in [0.717, 1.165) is 5.56 Å². The van der Waals surface area contributed by atoms with Crippen molar-refractivity contribution in [2.45, 2.75) is 33.2 Å². The fourth-order valence-corrected chi connectivity index (χ4v) is 1.97. The fourth-order valence-electron chi connectivity index (χ4n) is 1.97. The third-order valence-corrected chi connectivity index (χ3v) is 3.02. The van der Waals surface area contributed by atoms with Gasteiger partial charge in [-0.25, -0.2) is 4.39 Å². The number of hydrogen-bond donors (Lipinski definition) is 1. The molecule has 1 amide bonds. The average molecular weight is 281 g/mol. The van der Waals surface area contributed by atoms with Crippen LogP contribution in [0.3, 0.4) is 0 Å². The summed E-state index contributed by atoms with van der Waals surface area (Å²) in [6.45, 7) is 3.89. The number of rotatable bonds is 6. The van der Waals surface area contributed by atoms with E-state index < -0.39 is 11.4 Å². The molecule has 110 valence electrons. The maximum atomic E-state index is 12.8. The summed E-state index contributed by atoms with van der Waals surface area (Å²) in [6, 6.07) is 5.95. The highest BCUT2D eigenvalue weighted by molar-refractivity contribution is 5.77. The van der Waals surface area contributed by atoms with Crippen LogP contribution in [0.4, 0.5) is 4.39 Å². The molecule has 1 aromatic carbocycles. The van der Waals surface area contributed by atoms with E-state index >= 15 is 0 Å². The Kier molecular flexibility index (Phi) is 5.25. The van der Waals surface area contributed by atoms with E-state index in [1.54, 1.807) is 33.0 Å². The second kappa shape index (κ2) is 6.50. The van der Waals surface area contributed by atoms with Crippen molar-refractivity contribution < 1.29 is 19.1 Å². The van der Waals surface area contributed by atoms with Crippen molar-refractivity contribution in [1.29, 1.82) is 0 Å². The quantitative estimate of drug-likeness (QED) is 0.872. The Balaban J connectivity index is 2.58. The first-order valence-electron chi connectivity index (χ1n) is 6.40. The topological polar surface area (TPSA) is 57.6 Å². The van der Waals surface area contributed by atoms with Gasteiger partial charge in [0, 0.05) is 20.0 Å². The van der Waals surface area contributed by atoms with Crippen molar-refractivity contribution in [3.63, 3.8) is 0 Å². The summed E-state index contributed by atoms with van der Waals surface area (Å²) in [6.07, 6.45) is 0.111. The molecule has 1 aromatic rings. The number of carbonyl (C=O) groups excluding carboxylic acids is 1. The van der Waals surface area contributed by atoms with Crippen LogP contribution in [0.25, 0.3) is 0 Å². The first-order chi connectivity index (χ1) is 9.19. The van der Waals surface area contributed by atoms with Crippen LogP contribution in [0.5, 0.6) is 0 Å². The SMILES string of the molecule is CN(Cc1ccc(F)cc1)C(=O)CC(C)(C)CC(=O)O. The molecule has 0 saturated heterocycles. The largest absolute Gasteiger partial charge is 0.481 e. The van der Waals surface area contributed by atoms with Crippen molar-refractivity contribution in [3.05, 3.63) is 35.6 Å². The normalized spacial score (nSPS) is 11.2. The second-order valence-corrected chi connectivity index (χ2v) is 5.79. The lowest BCUT2D eigenvalue weighted by Crippen LogP contribution is -2.31. The molecule has 0 aromatic heterocycles. The molecule has 0 aliphatic heterocycles. The zero-order valence-corrected chi connectivity index (χ0v) is 12.0. The zero-order chi connectivity index (χ0) is 15.3. The number of benzene rings is 1. The summed E-state index contributed by atoms with van der Waals surface area (Å²) in [4.78, 5) is 24.3. The van der Waals surface area contributed by atoms with Gasteiger partial charge in [-0.1, -0.05) is 26.0 Å². The van der Waals surface area contributed by atoms with Crippen molar-refractivity contribution in [3.8, 4) is 0 Å². The van der Waals surface area contributed by atoms with E-state index in [-0.39, 0.29) is 24.6 Å². The maximum Gasteiger partial charge on any atom is 0.303 e. The molecule has 0 bridgehead atoms. The van der Waals surface area contributed by atoms with Crippen molar-refractivity contribution in [2.24, 2.45) is 5.41 Å². The van der Waals surface area contributed by atoms with Crippen LogP contribution in [0.2, 0.25) is 0 Å². The number of aliphatic carboxylic acids is 1. The lowest BCUT2D eigenvalue weighted by atomic mass is 9.85. The monoisotopic (exact) mass is 281 g/mol. The van der Waals surface area contributed by atoms with Gasteiger partial charge in [-0.05, 0) is 23.1 Å². The van der Waals surface area contributed by atoms with Crippen LogP contribution < -0.4 is 0 Å². The van der Waals surface area contributed by atoms with E-state index in [1.807, 2.05) is 0 Å². The molecule has 0 saturated carbocycles. The minimum atomic E-state index is -0.913. The van der Waals surface area contributed by atoms with Gasteiger partial charge >= 0.3 is 5.97 Å². The Hall–Kier alpha value is -1.91. The van der Waals surface area contributed by atoms with Crippen LogP contribution in [-0.2, 0) is 16.1 Å². The van der Waals surface area contributed by atoms with E-state index in [1.165, 1.54) is 17.0 Å². The molecule has 0 unspecified atom stereocenters. The molecule has 0 fully saturated rings. The van der Waals surface area contributed by atoms with Crippen LogP contribution in [0, 0.1) is 11.2 Å². The molecule has 1 rings (SSSR count). The van der Waals surface area contributed by atoms with Gasteiger partial charge in [0.25, 0.3) is 0 Å². The molecule has 4 nitrogen and oxygen atoms in total. The molecule has 0 aliphatic rings. The standard InChI is InChI=1S/C15H20FNO3/c1-15(2,9-14(19)20)8-13(18)17(3)10-11-4-6-12(16)7-5-11/h4-7H,8-10H2,1-3H3,(H,19,20). The van der Waals surface area contributed by atoms with Crippen LogP contribution >= 0.6 is 0 Å². The average Bonchev–Trinajstić information content (AvgIpc) is 2.29. The first kappa shape index (κ1) is 16.1. The smallest absolute Gasteiger partial charge is 0.303 e. The number of carboxylic acid groups (broad SMARTS) is 1. The molecule has 0 atom stereocenters. The van der Waals surface area contributed by atoms with Gasteiger partial charge in [-0.2, -0.15) is 0 Å². The summed E-state index contributed by atoms with van der Waals surface area (Å²) in [7, 11) is 1.66. The van der Waals surface area contributed by atoms with Gasteiger partial charge in [0.05, 0.1) is 6.42 Å². The Morgan fingerprint density at radius 1 is 1.20 bits per heavy atom. The minimum Gasteiger partial charge on any atom is -0.481 e. The van der Waals surface area contributed by atoms with Crippen molar-refractivity contribution >= 4 is 11.9 Å². The molecule has 0 heterocycles. The summed E-state index contributed by atoms with van der Waals surface area (Å²) < 4.78 is 12.8. The highest BCUT2D eigenvalue weighted by atomic mass is 19.1. The summed E-state index contributed by atoms with van der Waals surface area (Å²) in [5.41, 5.74) is 0.248. The fraction of sp³-hybridized carbons (Fsp3) is 0.467. The Morgan fingerprint density at radius 2 is 1.75 bits per heavy atom. The number of amides is 1. The second-order valence-electron chi connectivity index (χ2n) is 5.79. The van der Waals surface area contributed by atoms with Gasteiger partial charge in [0.1, 0.15) is 5.82 Å². The van der Waals surface area contributed by atoms with Gasteiger partial charge < -0.3 is 10.0 Å². The third-order valence-electron chi connectivity index (χ3n) is 3.02. The zero-order valence-electron chi connectivity index (χ0n) is 12.0. The van der Waals surface area contributed by atoms with Crippen LogP contribution in [0.15, 0.2) is 24.3 Å². The first-order valence-corrected chi connectivity index (χ1v) is 6.40. The Morgan fingerprint density at radius 3 is 2.25 bits per heavy atom. The minimum absolute atomic E-state index is 0.0525. The Bertz CT molecular complexity index is 482. The maximum absolute atomic E-state index is 12.8. The van der Waals surface area contributed by atoms with Gasteiger partial charge in [-0.15, -0.1) is 0 Å². The van der Waals surface area contributed by atoms with E-state index in [4.69, 9.17) is 5.11 Å². The van der Waals surface area contributed by atoms with E-state index in [2.05, 4.69) is 0 Å². The van der Waals surface area contributed by atoms with Crippen molar-refractivity contribution in [1.82, 2.24) is 4.90 Å². The lowest BCUT2D eigenvalue weighted by molar-refractivity contribution is -0.140. The predicted octanol–water partition coefficient (Wildman–Crippen LogP) is 2.68. The number of carbonyl (C=O) groups is 2. The third kappa shape index (κ3) is 5.38. The molecule has 1 N–H and O–H groups in total. The van der Waals surface area contributed by atoms with Gasteiger partial charge in [-0.3, -0.25) is 9.59 Å². The lowest BCUT2D eigenvalue weighted by Gasteiger charge is -2.25. The molecule has 5 heteroatoms. The molecular weight excluding hydrogens is 261 g/mol. The van der Waals surface area contributed by atoms with Gasteiger partial charge in [0.15, 0.2) is 0 Å². The summed E-state index contributed by atoms with van der Waals surface area (Å²) in [5, 5.41) is 8.80. The molecule has 0 radical (unpaired) electrons. The van der Waals surface area contributed by atoms with Crippen molar-refractivity contribution in [2.75, 3.05) is 7.05 Å². The highest BCUT2D eigenvalue weighted by Gasteiger charge is 2.26. The number of hydrogen-bond acceptors (Lipinski definition) is 2. The number of carboxylic acids is 1. The number of halogens is 1. The molecular formula is C15H20FNO3. The van der Waals surface area contributed by atoms with Crippen LogP contribution in [-0.4, -0.2) is 28.9 Å². The molecule has 0 aliphatic carbocycles. The molecule has 20 heavy (non-hydrogen) atoms. The Labute approximate surface area is 118 Å². The summed E-state index contributed by atoms with van der Waals surface area (Å²) in [5.74, 6) is -1.35. The molecule has 0 spiro atoms. The van der Waals surface area contributed by atoms with E-state index in [0.29, 0.717) is 6.54 Å². The highest BCUT2D eigenvalue weighted by Crippen LogP contribution is 2.26.